The van der Waals surface area contributed by atoms with E-state index in [-0.39, 0.29) is 24.8 Å². The van der Waals surface area contributed by atoms with Gasteiger partial charge in [-0.2, -0.15) is 0 Å². The predicted octanol–water partition coefficient (Wildman–Crippen LogP) is 3.15. The van der Waals surface area contributed by atoms with E-state index in [0.29, 0.717) is 5.69 Å². The molecule has 0 aliphatic carbocycles. The summed E-state index contributed by atoms with van der Waals surface area (Å²) in [7, 11) is 0. The second-order valence-electron chi connectivity index (χ2n) is 4.21. The lowest BCUT2D eigenvalue weighted by Gasteiger charge is -2.19. The van der Waals surface area contributed by atoms with Crippen molar-refractivity contribution in [1.29, 1.82) is 0 Å². The van der Waals surface area contributed by atoms with Crippen molar-refractivity contribution in [3.05, 3.63) is 28.5 Å². The van der Waals surface area contributed by atoms with Gasteiger partial charge in [0.2, 0.25) is 0 Å². The number of carbonyl (C=O) groups excluding carboxylic acids is 1. The quantitative estimate of drug-likeness (QED) is 0.622. The third kappa shape index (κ3) is 6.08. The van der Waals surface area contributed by atoms with Gasteiger partial charge in [0, 0.05) is 0 Å². The Morgan fingerprint density at radius 3 is 2.56 bits per heavy atom. The van der Waals surface area contributed by atoms with E-state index in [1.54, 1.807) is 6.07 Å². The number of nitrogens with zero attached hydrogens (tertiary/aromatic N) is 1. The molecule has 0 saturated carbocycles. The summed E-state index contributed by atoms with van der Waals surface area (Å²) in [6, 6.07) is 5.46. The highest BCUT2D eigenvalue weighted by molar-refractivity contribution is 9.10. The second-order valence-corrected chi connectivity index (χ2v) is 5.03. The predicted molar refractivity (Wildman–Crippen MR) is 68.7 cm³/mol. The molecule has 0 bridgehead atoms. The number of rotatable bonds is 2. The molecule has 90 valence electrons. The molecule has 3 nitrogen and oxygen atoms in total. The standard InChI is InChI=1S/C11H14BrNO2.ClH/c1-11(2,3)15-10(14)7-8-5-4-6-9(12)13-8;/h4-6H,7H2,1-3H3;1H. The molecule has 0 atom stereocenters. The summed E-state index contributed by atoms with van der Waals surface area (Å²) in [6.45, 7) is 5.54. The summed E-state index contributed by atoms with van der Waals surface area (Å²) < 4.78 is 5.91. The van der Waals surface area contributed by atoms with Crippen LogP contribution in [0.4, 0.5) is 0 Å². The maximum atomic E-state index is 11.5. The molecule has 1 aromatic heterocycles. The summed E-state index contributed by atoms with van der Waals surface area (Å²) in [6.07, 6.45) is 0.205. The Bertz CT molecular complexity index is 363. The van der Waals surface area contributed by atoms with E-state index >= 15 is 0 Å². The van der Waals surface area contributed by atoms with Gasteiger partial charge in [0.05, 0.1) is 12.1 Å². The molecule has 0 fully saturated rings. The Hall–Kier alpha value is -0.610. The van der Waals surface area contributed by atoms with Gasteiger partial charge >= 0.3 is 5.97 Å². The zero-order chi connectivity index (χ0) is 11.5. The first-order valence-electron chi connectivity index (χ1n) is 4.70. The van der Waals surface area contributed by atoms with Gasteiger partial charge in [0.25, 0.3) is 0 Å². The number of hydrogen-bond donors (Lipinski definition) is 0. The third-order valence-electron chi connectivity index (χ3n) is 1.52. The smallest absolute Gasteiger partial charge is 0.312 e. The topological polar surface area (TPSA) is 39.2 Å². The summed E-state index contributed by atoms with van der Waals surface area (Å²) in [5, 5.41) is 0. The molecule has 0 saturated heterocycles. The average molecular weight is 309 g/mol. The first-order valence-corrected chi connectivity index (χ1v) is 5.49. The minimum atomic E-state index is -0.441. The Morgan fingerprint density at radius 2 is 2.06 bits per heavy atom. The van der Waals surface area contributed by atoms with Gasteiger partial charge in [0.1, 0.15) is 10.2 Å². The van der Waals surface area contributed by atoms with Gasteiger partial charge in [-0.3, -0.25) is 4.79 Å². The van der Waals surface area contributed by atoms with Crippen LogP contribution in [0.3, 0.4) is 0 Å². The minimum Gasteiger partial charge on any atom is -0.460 e. The van der Waals surface area contributed by atoms with Crippen molar-refractivity contribution in [1.82, 2.24) is 4.98 Å². The van der Waals surface area contributed by atoms with Crippen LogP contribution in [0.2, 0.25) is 0 Å². The van der Waals surface area contributed by atoms with Crippen LogP contribution in [0.15, 0.2) is 22.8 Å². The summed E-state index contributed by atoms with van der Waals surface area (Å²) in [5.74, 6) is -0.256. The van der Waals surface area contributed by atoms with Crippen molar-refractivity contribution in [3.8, 4) is 0 Å². The Balaban J connectivity index is 0.00000225. The Kier molecular flexibility index (Phi) is 5.97. The van der Waals surface area contributed by atoms with Crippen molar-refractivity contribution >= 4 is 34.3 Å². The van der Waals surface area contributed by atoms with Gasteiger partial charge in [-0.05, 0) is 48.8 Å². The first-order chi connectivity index (χ1) is 6.87. The van der Waals surface area contributed by atoms with Crippen molar-refractivity contribution in [3.63, 3.8) is 0 Å². The van der Waals surface area contributed by atoms with Crippen LogP contribution >= 0.6 is 28.3 Å². The van der Waals surface area contributed by atoms with Crippen LogP contribution in [-0.4, -0.2) is 16.6 Å². The lowest BCUT2D eigenvalue weighted by atomic mass is 10.2. The lowest BCUT2D eigenvalue weighted by molar-refractivity contribution is -0.153. The average Bonchev–Trinajstić information content (AvgIpc) is 1.99. The van der Waals surface area contributed by atoms with Gasteiger partial charge < -0.3 is 4.74 Å². The third-order valence-corrected chi connectivity index (χ3v) is 1.96. The minimum absolute atomic E-state index is 0. The Labute approximate surface area is 110 Å². The Morgan fingerprint density at radius 1 is 1.44 bits per heavy atom. The molecule has 1 aromatic rings. The van der Waals surface area contributed by atoms with E-state index in [9.17, 15) is 4.79 Å². The number of pyridine rings is 1. The molecule has 0 unspecified atom stereocenters. The van der Waals surface area contributed by atoms with Crippen LogP contribution in [-0.2, 0) is 16.0 Å². The molecule has 5 heteroatoms. The fraction of sp³-hybridized carbons (Fsp3) is 0.455. The fourth-order valence-corrected chi connectivity index (χ4v) is 1.45. The van der Waals surface area contributed by atoms with Crippen LogP contribution in [0.25, 0.3) is 0 Å². The molecule has 0 aromatic carbocycles. The van der Waals surface area contributed by atoms with E-state index in [1.807, 2.05) is 32.9 Å². The molecule has 0 N–H and O–H groups in total. The fourth-order valence-electron chi connectivity index (χ4n) is 1.07. The van der Waals surface area contributed by atoms with Crippen LogP contribution in [0.5, 0.6) is 0 Å². The van der Waals surface area contributed by atoms with E-state index < -0.39 is 5.60 Å². The molecular formula is C11H15BrClNO2. The van der Waals surface area contributed by atoms with E-state index in [0.717, 1.165) is 4.60 Å². The van der Waals surface area contributed by atoms with Crippen LogP contribution in [0.1, 0.15) is 26.5 Å². The van der Waals surface area contributed by atoms with Crippen molar-refractivity contribution in [2.75, 3.05) is 0 Å². The van der Waals surface area contributed by atoms with Crippen LogP contribution in [0, 0.1) is 0 Å². The molecule has 1 rings (SSSR count). The summed E-state index contributed by atoms with van der Waals surface area (Å²) >= 11 is 3.25. The maximum Gasteiger partial charge on any atom is 0.312 e. The van der Waals surface area contributed by atoms with Crippen molar-refractivity contribution < 1.29 is 9.53 Å². The van der Waals surface area contributed by atoms with Gasteiger partial charge in [-0.25, -0.2) is 4.98 Å². The highest BCUT2D eigenvalue weighted by Crippen LogP contribution is 2.11. The van der Waals surface area contributed by atoms with Gasteiger partial charge in [-0.1, -0.05) is 6.07 Å². The first kappa shape index (κ1) is 15.4. The van der Waals surface area contributed by atoms with Gasteiger partial charge in [0.15, 0.2) is 0 Å². The molecule has 0 aliphatic rings. The highest BCUT2D eigenvalue weighted by Gasteiger charge is 2.16. The monoisotopic (exact) mass is 307 g/mol. The van der Waals surface area contributed by atoms with Gasteiger partial charge in [-0.15, -0.1) is 12.4 Å². The molecule has 1 heterocycles. The molecule has 0 spiro atoms. The molecule has 16 heavy (non-hydrogen) atoms. The molecule has 0 aliphatic heterocycles. The molecular weight excluding hydrogens is 293 g/mol. The van der Waals surface area contributed by atoms with Crippen molar-refractivity contribution in [2.45, 2.75) is 32.8 Å². The van der Waals surface area contributed by atoms with E-state index in [1.165, 1.54) is 0 Å². The number of carbonyl (C=O) groups is 1. The normalized spacial score (nSPS) is 10.5. The molecule has 0 amide bonds. The van der Waals surface area contributed by atoms with Crippen molar-refractivity contribution in [2.24, 2.45) is 0 Å². The molecule has 0 radical (unpaired) electrons. The lowest BCUT2D eigenvalue weighted by Crippen LogP contribution is -2.25. The number of ether oxygens (including phenoxy) is 1. The number of aromatic nitrogens is 1. The number of esters is 1. The largest absolute Gasteiger partial charge is 0.460 e. The summed E-state index contributed by atoms with van der Waals surface area (Å²) in [5.41, 5.74) is 0.266. The maximum absolute atomic E-state index is 11.5. The zero-order valence-corrected chi connectivity index (χ0v) is 11.9. The summed E-state index contributed by atoms with van der Waals surface area (Å²) in [4.78, 5) is 15.6. The zero-order valence-electron chi connectivity index (χ0n) is 9.49. The number of halogens is 2. The van der Waals surface area contributed by atoms with E-state index in [4.69, 9.17) is 4.74 Å². The SMILES string of the molecule is CC(C)(C)OC(=O)Cc1cccc(Br)n1.Cl. The highest BCUT2D eigenvalue weighted by atomic mass is 79.9. The number of hydrogen-bond acceptors (Lipinski definition) is 3. The van der Waals surface area contributed by atoms with Crippen LogP contribution < -0.4 is 0 Å². The van der Waals surface area contributed by atoms with E-state index in [2.05, 4.69) is 20.9 Å². The second kappa shape index (κ2) is 6.21.